The number of hydrogen-bond acceptors (Lipinski definition) is 4. The quantitative estimate of drug-likeness (QED) is 0.308. The second-order valence-corrected chi connectivity index (χ2v) is 10.9. The van der Waals surface area contributed by atoms with E-state index in [2.05, 4.69) is 15.0 Å². The summed E-state index contributed by atoms with van der Waals surface area (Å²) in [5.41, 5.74) is 2.05. The topological polar surface area (TPSA) is 79.3 Å². The number of halogens is 3. The molecule has 1 saturated heterocycles. The molecule has 2 aromatic heterocycles. The third-order valence-corrected chi connectivity index (χ3v) is 7.00. The van der Waals surface area contributed by atoms with E-state index in [0.29, 0.717) is 33.6 Å². The van der Waals surface area contributed by atoms with Crippen LogP contribution in [0.3, 0.4) is 0 Å². The van der Waals surface area contributed by atoms with E-state index in [-0.39, 0.29) is 0 Å². The van der Waals surface area contributed by atoms with Gasteiger partial charge in [-0.05, 0) is 78.9 Å². The third-order valence-electron chi connectivity index (χ3n) is 6.08. The molecule has 2 N–H and O–H groups in total. The molecule has 0 bridgehead atoms. The first-order valence-electron chi connectivity index (χ1n) is 11.4. The van der Waals surface area contributed by atoms with Gasteiger partial charge >= 0.3 is 6.18 Å². The number of sulfonamides is 1. The molecule has 3 heterocycles. The van der Waals surface area contributed by atoms with Gasteiger partial charge in [0.05, 0.1) is 23.6 Å². The van der Waals surface area contributed by atoms with Gasteiger partial charge in [0.1, 0.15) is 6.04 Å². The molecular weight excluding hydrogens is 535 g/mol. The maximum Gasteiger partial charge on any atom is 0.416 e. The van der Waals surface area contributed by atoms with Gasteiger partial charge in [0.15, 0.2) is 5.11 Å². The predicted molar refractivity (Wildman–Crippen MR) is 144 cm³/mol. The normalized spacial score (nSPS) is 17.9. The largest absolute Gasteiger partial charge is 0.416 e. The summed E-state index contributed by atoms with van der Waals surface area (Å²) in [4.78, 5) is 6.36. The molecule has 1 fully saturated rings. The zero-order valence-corrected chi connectivity index (χ0v) is 21.6. The lowest BCUT2D eigenvalue weighted by Gasteiger charge is -2.29. The first-order valence-corrected chi connectivity index (χ1v) is 13.7. The molecule has 2 atom stereocenters. The standard InChI is InChI=1S/C26H22F3N5O2S2/c1-38(35,36)32-18-10-12-19(13-11-18)34-24(23(31-25(34)37)21-8-2-3-14-30-21)22-9-5-15-33(22)20-7-4-6-17(16-20)26(27,28)29/h2-16,23-24,32H,1H3,(H,31,37). The first kappa shape index (κ1) is 25.7. The fourth-order valence-electron chi connectivity index (χ4n) is 4.54. The Morgan fingerprint density at radius 3 is 2.39 bits per heavy atom. The van der Waals surface area contributed by atoms with Crippen molar-refractivity contribution in [3.63, 3.8) is 0 Å². The van der Waals surface area contributed by atoms with Gasteiger partial charge < -0.3 is 14.8 Å². The highest BCUT2D eigenvalue weighted by atomic mass is 32.2. The van der Waals surface area contributed by atoms with Crippen LogP contribution in [-0.2, 0) is 16.2 Å². The lowest BCUT2D eigenvalue weighted by molar-refractivity contribution is -0.137. The number of hydrogen-bond donors (Lipinski definition) is 2. The number of aromatic nitrogens is 2. The molecule has 0 aliphatic carbocycles. The lowest BCUT2D eigenvalue weighted by Crippen LogP contribution is -2.30. The number of alkyl halides is 3. The van der Waals surface area contributed by atoms with Crippen molar-refractivity contribution in [3.8, 4) is 5.69 Å². The van der Waals surface area contributed by atoms with Gasteiger partial charge in [0.25, 0.3) is 0 Å². The Morgan fingerprint density at radius 2 is 1.74 bits per heavy atom. The number of benzene rings is 2. The van der Waals surface area contributed by atoms with E-state index in [1.165, 1.54) is 6.07 Å². The third kappa shape index (κ3) is 5.22. The number of nitrogens with one attached hydrogen (secondary N) is 2. The molecule has 0 amide bonds. The van der Waals surface area contributed by atoms with Gasteiger partial charge in [-0.2, -0.15) is 13.2 Å². The highest BCUT2D eigenvalue weighted by molar-refractivity contribution is 7.92. The second kappa shape index (κ2) is 9.76. The molecule has 2 aromatic carbocycles. The zero-order valence-electron chi connectivity index (χ0n) is 19.9. The maximum atomic E-state index is 13.5. The first-order chi connectivity index (χ1) is 18.0. The van der Waals surface area contributed by atoms with E-state index in [9.17, 15) is 21.6 Å². The van der Waals surface area contributed by atoms with Gasteiger partial charge in [-0.15, -0.1) is 0 Å². The summed E-state index contributed by atoms with van der Waals surface area (Å²) in [7, 11) is -3.45. The van der Waals surface area contributed by atoms with Crippen LogP contribution in [-0.4, -0.2) is 29.3 Å². The Kier molecular flexibility index (Phi) is 6.61. The smallest absolute Gasteiger partial charge is 0.351 e. The molecule has 0 saturated carbocycles. The van der Waals surface area contributed by atoms with Crippen LogP contribution >= 0.6 is 12.2 Å². The van der Waals surface area contributed by atoms with Crippen LogP contribution in [0, 0.1) is 0 Å². The van der Waals surface area contributed by atoms with Crippen molar-refractivity contribution in [1.29, 1.82) is 0 Å². The summed E-state index contributed by atoms with van der Waals surface area (Å²) in [6.45, 7) is 0. The van der Waals surface area contributed by atoms with Gasteiger partial charge in [-0.25, -0.2) is 8.42 Å². The minimum absolute atomic E-state index is 0.352. The van der Waals surface area contributed by atoms with Crippen LogP contribution in [0.15, 0.2) is 91.3 Å². The van der Waals surface area contributed by atoms with Crippen LogP contribution in [0.25, 0.3) is 5.69 Å². The fourth-order valence-corrected chi connectivity index (χ4v) is 5.45. The molecule has 4 aromatic rings. The Bertz CT molecular complexity index is 1570. The zero-order chi connectivity index (χ0) is 27.1. The summed E-state index contributed by atoms with van der Waals surface area (Å²) in [6, 6.07) is 20.0. The van der Waals surface area contributed by atoms with Crippen molar-refractivity contribution in [2.75, 3.05) is 15.9 Å². The molecule has 1 aliphatic heterocycles. The highest BCUT2D eigenvalue weighted by Crippen LogP contribution is 2.42. The van der Waals surface area contributed by atoms with Crippen LogP contribution in [0.4, 0.5) is 24.5 Å². The van der Waals surface area contributed by atoms with E-state index in [4.69, 9.17) is 12.2 Å². The summed E-state index contributed by atoms with van der Waals surface area (Å²) < 4.78 is 67.8. The number of nitrogens with zero attached hydrogens (tertiary/aromatic N) is 3. The van der Waals surface area contributed by atoms with Crippen molar-refractivity contribution in [3.05, 3.63) is 108 Å². The van der Waals surface area contributed by atoms with Crippen molar-refractivity contribution in [2.24, 2.45) is 0 Å². The number of thiocarbonyl (C=S) groups is 1. The van der Waals surface area contributed by atoms with Crippen LogP contribution < -0.4 is 14.9 Å². The molecule has 0 radical (unpaired) electrons. The molecule has 7 nitrogen and oxygen atoms in total. The Hall–Kier alpha value is -3.90. The molecule has 1 aliphatic rings. The fraction of sp³-hybridized carbons (Fsp3) is 0.154. The Labute approximate surface area is 223 Å². The van der Waals surface area contributed by atoms with E-state index >= 15 is 0 Å². The molecule has 2 unspecified atom stereocenters. The van der Waals surface area contributed by atoms with E-state index in [0.717, 1.165) is 18.4 Å². The van der Waals surface area contributed by atoms with E-state index in [1.807, 2.05) is 23.1 Å². The average Bonchev–Trinajstić information content (AvgIpc) is 3.48. The number of pyridine rings is 1. The maximum absolute atomic E-state index is 13.5. The minimum atomic E-state index is -4.48. The van der Waals surface area contributed by atoms with Gasteiger partial charge in [-0.1, -0.05) is 12.1 Å². The molecule has 38 heavy (non-hydrogen) atoms. The number of anilines is 2. The summed E-state index contributed by atoms with van der Waals surface area (Å²) in [5, 5.41) is 3.71. The molecule has 5 rings (SSSR count). The Morgan fingerprint density at radius 1 is 0.974 bits per heavy atom. The van der Waals surface area contributed by atoms with Gasteiger partial charge in [-0.3, -0.25) is 9.71 Å². The minimum Gasteiger partial charge on any atom is -0.351 e. The average molecular weight is 558 g/mol. The van der Waals surface area contributed by atoms with Crippen molar-refractivity contribution in [1.82, 2.24) is 14.9 Å². The molecule has 12 heteroatoms. The van der Waals surface area contributed by atoms with Crippen molar-refractivity contribution in [2.45, 2.75) is 18.3 Å². The van der Waals surface area contributed by atoms with Crippen molar-refractivity contribution >= 4 is 38.7 Å². The van der Waals surface area contributed by atoms with Crippen LogP contribution in [0.5, 0.6) is 0 Å². The highest BCUT2D eigenvalue weighted by Gasteiger charge is 2.42. The van der Waals surface area contributed by atoms with Gasteiger partial charge in [0.2, 0.25) is 10.0 Å². The molecular formula is C26H22F3N5O2S2. The van der Waals surface area contributed by atoms with Crippen molar-refractivity contribution < 1.29 is 21.6 Å². The van der Waals surface area contributed by atoms with Crippen LogP contribution in [0.2, 0.25) is 0 Å². The lowest BCUT2D eigenvalue weighted by atomic mass is 10.0. The van der Waals surface area contributed by atoms with Crippen LogP contribution in [0.1, 0.15) is 29.0 Å². The summed E-state index contributed by atoms with van der Waals surface area (Å²) in [6.07, 6.45) is -0.0454. The summed E-state index contributed by atoms with van der Waals surface area (Å²) >= 11 is 5.72. The second-order valence-electron chi connectivity index (χ2n) is 8.77. The number of rotatable bonds is 6. The monoisotopic (exact) mass is 557 g/mol. The van der Waals surface area contributed by atoms with E-state index < -0.39 is 33.8 Å². The Balaban J connectivity index is 1.61. The summed E-state index contributed by atoms with van der Waals surface area (Å²) in [5.74, 6) is 0. The SMILES string of the molecule is CS(=O)(=O)Nc1ccc(N2C(=S)NC(c3ccccn3)C2c2cccn2-c2cccc(C(F)(F)F)c2)cc1. The van der Waals surface area contributed by atoms with E-state index in [1.54, 1.807) is 59.4 Å². The predicted octanol–water partition coefficient (Wildman–Crippen LogP) is 5.44. The van der Waals surface area contributed by atoms with Gasteiger partial charge in [0, 0.05) is 35.1 Å². The molecule has 196 valence electrons. The molecule has 0 spiro atoms.